The highest BCUT2D eigenvalue weighted by molar-refractivity contribution is 5.95. The van der Waals surface area contributed by atoms with Crippen molar-refractivity contribution in [3.8, 4) is 0 Å². The monoisotopic (exact) mass is 246 g/mol. The normalized spacial score (nSPS) is 10.6. The molecule has 0 saturated carbocycles. The maximum atomic E-state index is 11.1. The number of esters is 1. The van der Waals surface area contributed by atoms with Crippen LogP contribution in [0.15, 0.2) is 11.6 Å². The lowest BCUT2D eigenvalue weighted by atomic mass is 10.3. The van der Waals surface area contributed by atoms with Gasteiger partial charge in [0.25, 0.3) is 0 Å². The molecule has 0 bridgehead atoms. The highest BCUT2D eigenvalue weighted by Gasteiger charge is 2.08. The molecule has 0 heterocycles. The largest absolute Gasteiger partial charge is 0.508 e. The van der Waals surface area contributed by atoms with E-state index in [2.05, 4.69) is 14.2 Å². The first-order valence-electron chi connectivity index (χ1n) is 4.85. The number of carbonyl (C=O) groups is 3. The molecule has 0 rings (SSSR count). The molecule has 0 saturated heterocycles. The second-order valence-corrected chi connectivity index (χ2v) is 2.83. The highest BCUT2D eigenvalue weighted by atomic mass is 16.7. The van der Waals surface area contributed by atoms with Crippen molar-refractivity contribution >= 4 is 18.1 Å². The van der Waals surface area contributed by atoms with Crippen molar-refractivity contribution in [1.82, 2.24) is 0 Å². The van der Waals surface area contributed by atoms with Crippen LogP contribution in [0, 0.1) is 0 Å². The molecular weight excluding hydrogens is 232 g/mol. The minimum atomic E-state index is -1.23. The van der Waals surface area contributed by atoms with Crippen LogP contribution in [0.2, 0.25) is 0 Å². The minimum absolute atomic E-state index is 0.0476. The van der Waals surface area contributed by atoms with E-state index in [1.165, 1.54) is 6.92 Å². The fourth-order valence-electron chi connectivity index (χ4n) is 0.777. The quantitative estimate of drug-likeness (QED) is 0.419. The molecule has 0 unspecified atom stereocenters. The van der Waals surface area contributed by atoms with Crippen molar-refractivity contribution in [1.29, 1.82) is 0 Å². The molecule has 0 aliphatic rings. The lowest BCUT2D eigenvalue weighted by Crippen LogP contribution is -2.15. The summed E-state index contributed by atoms with van der Waals surface area (Å²) < 4.78 is 13.6. The van der Waals surface area contributed by atoms with Crippen LogP contribution in [0.25, 0.3) is 0 Å². The van der Waals surface area contributed by atoms with Crippen LogP contribution < -0.4 is 0 Å². The van der Waals surface area contributed by atoms with Gasteiger partial charge in [-0.25, -0.2) is 14.4 Å². The third-order valence-electron chi connectivity index (χ3n) is 1.46. The van der Waals surface area contributed by atoms with Crippen molar-refractivity contribution in [2.75, 3.05) is 19.8 Å². The summed E-state index contributed by atoms with van der Waals surface area (Å²) in [7, 11) is 0. The van der Waals surface area contributed by atoms with Gasteiger partial charge in [0.2, 0.25) is 0 Å². The van der Waals surface area contributed by atoms with Gasteiger partial charge in [-0.15, -0.1) is 0 Å². The lowest BCUT2D eigenvalue weighted by molar-refractivity contribution is -0.141. The summed E-state index contributed by atoms with van der Waals surface area (Å²) in [5.74, 6) is -2.01. The molecule has 1 N–H and O–H groups in total. The lowest BCUT2D eigenvalue weighted by Gasteiger charge is -2.05. The Morgan fingerprint density at radius 3 is 2.24 bits per heavy atom. The molecule has 17 heavy (non-hydrogen) atoms. The van der Waals surface area contributed by atoms with Crippen LogP contribution in [-0.4, -0.2) is 43.0 Å². The van der Waals surface area contributed by atoms with Crippen molar-refractivity contribution < 1.29 is 33.7 Å². The van der Waals surface area contributed by atoms with E-state index in [0.717, 1.165) is 6.08 Å². The van der Waals surface area contributed by atoms with Crippen molar-refractivity contribution in [3.05, 3.63) is 11.6 Å². The van der Waals surface area contributed by atoms with Gasteiger partial charge in [0, 0.05) is 11.6 Å². The van der Waals surface area contributed by atoms with Gasteiger partial charge in [0.1, 0.15) is 13.2 Å². The molecular formula is C10H14O7. The molecule has 7 heteroatoms. The zero-order chi connectivity index (χ0) is 13.3. The first-order chi connectivity index (χ1) is 7.97. The SMILES string of the molecule is CCOC(=O)OCCOC(=O)/C(C)=C/C(=O)O. The summed E-state index contributed by atoms with van der Waals surface area (Å²) in [6.07, 6.45) is -0.115. The molecule has 96 valence electrons. The second-order valence-electron chi connectivity index (χ2n) is 2.83. The van der Waals surface area contributed by atoms with Crippen LogP contribution >= 0.6 is 0 Å². The number of ether oxygens (including phenoxy) is 3. The summed E-state index contributed by atoms with van der Waals surface area (Å²) >= 11 is 0. The van der Waals surface area contributed by atoms with Gasteiger partial charge in [-0.05, 0) is 13.8 Å². The molecule has 0 aromatic rings. The van der Waals surface area contributed by atoms with Crippen molar-refractivity contribution in [2.45, 2.75) is 13.8 Å². The van der Waals surface area contributed by atoms with E-state index in [9.17, 15) is 14.4 Å². The molecule has 0 aromatic carbocycles. The summed E-state index contributed by atoms with van der Waals surface area (Å²) in [4.78, 5) is 32.1. The molecule has 0 aliphatic carbocycles. The zero-order valence-corrected chi connectivity index (χ0v) is 9.60. The number of carbonyl (C=O) groups excluding carboxylic acids is 2. The first kappa shape index (κ1) is 14.9. The second kappa shape index (κ2) is 8.14. The van der Waals surface area contributed by atoms with Gasteiger partial charge in [-0.3, -0.25) is 0 Å². The van der Waals surface area contributed by atoms with Crippen molar-refractivity contribution in [2.24, 2.45) is 0 Å². The average Bonchev–Trinajstić information content (AvgIpc) is 2.23. The fraction of sp³-hybridized carbons (Fsp3) is 0.500. The van der Waals surface area contributed by atoms with Gasteiger partial charge in [-0.2, -0.15) is 0 Å². The number of hydrogen-bond acceptors (Lipinski definition) is 6. The number of aliphatic carboxylic acids is 1. The van der Waals surface area contributed by atoms with E-state index in [1.807, 2.05) is 0 Å². The molecule has 0 spiro atoms. The Kier molecular flexibility index (Phi) is 7.16. The third kappa shape index (κ3) is 7.83. The molecule has 7 nitrogen and oxygen atoms in total. The van der Waals surface area contributed by atoms with Crippen LogP contribution in [0.5, 0.6) is 0 Å². The van der Waals surface area contributed by atoms with Crippen molar-refractivity contribution in [3.63, 3.8) is 0 Å². The number of carboxylic acid groups (broad SMARTS) is 1. The molecule has 0 fully saturated rings. The van der Waals surface area contributed by atoms with Crippen LogP contribution in [0.4, 0.5) is 4.79 Å². The molecule has 0 radical (unpaired) electrons. The zero-order valence-electron chi connectivity index (χ0n) is 9.60. The van der Waals surface area contributed by atoms with Gasteiger partial charge in [0.15, 0.2) is 0 Å². The smallest absolute Gasteiger partial charge is 0.478 e. The van der Waals surface area contributed by atoms with E-state index < -0.39 is 18.1 Å². The Morgan fingerprint density at radius 1 is 1.12 bits per heavy atom. The van der Waals surface area contributed by atoms with Gasteiger partial charge >= 0.3 is 18.1 Å². The van der Waals surface area contributed by atoms with Crippen LogP contribution in [0.1, 0.15) is 13.8 Å². The summed E-state index contributed by atoms with van der Waals surface area (Å²) in [5.41, 5.74) is -0.0476. The minimum Gasteiger partial charge on any atom is -0.478 e. The Hall–Kier alpha value is -2.05. The van der Waals surface area contributed by atoms with E-state index in [4.69, 9.17) is 5.11 Å². The summed E-state index contributed by atoms with van der Waals surface area (Å²) in [6, 6.07) is 0. The first-order valence-corrected chi connectivity index (χ1v) is 4.85. The maximum absolute atomic E-state index is 11.1. The molecule has 0 atom stereocenters. The van der Waals surface area contributed by atoms with E-state index in [-0.39, 0.29) is 25.4 Å². The van der Waals surface area contributed by atoms with Crippen LogP contribution in [-0.2, 0) is 23.8 Å². The van der Waals surface area contributed by atoms with Gasteiger partial charge in [-0.1, -0.05) is 0 Å². The maximum Gasteiger partial charge on any atom is 0.508 e. The third-order valence-corrected chi connectivity index (χ3v) is 1.46. The Bertz CT molecular complexity index is 319. The Balaban J connectivity index is 3.79. The topological polar surface area (TPSA) is 99.1 Å². The van der Waals surface area contributed by atoms with E-state index in [1.54, 1.807) is 6.92 Å². The highest BCUT2D eigenvalue weighted by Crippen LogP contribution is 1.96. The van der Waals surface area contributed by atoms with Gasteiger partial charge < -0.3 is 19.3 Å². The standard InChI is InChI=1S/C10H14O7/c1-3-15-10(14)17-5-4-16-9(13)7(2)6-8(11)12/h6H,3-5H2,1-2H3,(H,11,12)/b7-6+. The van der Waals surface area contributed by atoms with Gasteiger partial charge in [0.05, 0.1) is 6.61 Å². The Labute approximate surface area is 98.0 Å². The molecule has 0 aromatic heterocycles. The number of rotatable bonds is 6. The van der Waals surface area contributed by atoms with Crippen LogP contribution in [0.3, 0.4) is 0 Å². The predicted molar refractivity (Wildman–Crippen MR) is 55.3 cm³/mol. The molecule has 0 aliphatic heterocycles. The summed E-state index contributed by atoms with van der Waals surface area (Å²) in [6.45, 7) is 2.82. The fourth-order valence-corrected chi connectivity index (χ4v) is 0.777. The number of hydrogen-bond donors (Lipinski definition) is 1. The molecule has 0 amide bonds. The predicted octanol–water partition coefficient (Wildman–Crippen LogP) is 0.734. The summed E-state index contributed by atoms with van der Waals surface area (Å²) in [5, 5.41) is 8.37. The average molecular weight is 246 g/mol. The van der Waals surface area contributed by atoms with E-state index in [0.29, 0.717) is 0 Å². The Morgan fingerprint density at radius 2 is 1.71 bits per heavy atom. The number of carboxylic acids is 1. The van der Waals surface area contributed by atoms with E-state index >= 15 is 0 Å².